The summed E-state index contributed by atoms with van der Waals surface area (Å²) in [7, 11) is -2.13. The van der Waals surface area contributed by atoms with Crippen LogP contribution in [0.1, 0.15) is 93.9 Å². The first kappa shape index (κ1) is 26.0. The van der Waals surface area contributed by atoms with Gasteiger partial charge in [0.05, 0.1) is 12.4 Å². The van der Waals surface area contributed by atoms with Gasteiger partial charge in [0, 0.05) is 0 Å². The predicted molar refractivity (Wildman–Crippen MR) is 126 cm³/mol. The average Bonchev–Trinajstić information content (AvgIpc) is 2.84. The van der Waals surface area contributed by atoms with Crippen molar-refractivity contribution in [1.82, 2.24) is 0 Å². The molecule has 0 fully saturated rings. The summed E-state index contributed by atoms with van der Waals surface area (Å²) in [4.78, 5) is 12.8. The second-order valence-electron chi connectivity index (χ2n) is 9.49. The highest BCUT2D eigenvalue weighted by molar-refractivity contribution is 6.77. The molecule has 1 aliphatic rings. The van der Waals surface area contributed by atoms with Crippen molar-refractivity contribution in [3.8, 4) is 0 Å². The number of hydrogen-bond donors (Lipinski definition) is 0. The summed E-state index contributed by atoms with van der Waals surface area (Å²) in [6, 6.07) is 0. The SMILES string of the molecule is CCCCCCC1C=C(O[Si](C(C)C)(C(C)C)C(C)C)C(C(=O)OCC)C=CC1. The van der Waals surface area contributed by atoms with E-state index in [2.05, 4.69) is 60.6 Å². The van der Waals surface area contributed by atoms with Crippen LogP contribution in [0.5, 0.6) is 0 Å². The Morgan fingerprint density at radius 1 is 1.03 bits per heavy atom. The maximum atomic E-state index is 12.8. The number of allylic oxidation sites excluding steroid dienone is 2. The molecule has 0 radical (unpaired) electrons. The lowest BCUT2D eigenvalue weighted by molar-refractivity contribution is -0.145. The van der Waals surface area contributed by atoms with Crippen molar-refractivity contribution < 1.29 is 14.0 Å². The Bertz CT molecular complexity index is 526. The van der Waals surface area contributed by atoms with E-state index in [1.807, 2.05) is 13.0 Å². The van der Waals surface area contributed by atoms with Gasteiger partial charge in [-0.05, 0) is 48.4 Å². The van der Waals surface area contributed by atoms with Crippen LogP contribution in [-0.4, -0.2) is 20.9 Å². The Kier molecular flexibility index (Phi) is 11.3. The molecule has 1 rings (SSSR count). The Morgan fingerprint density at radius 2 is 1.66 bits per heavy atom. The van der Waals surface area contributed by atoms with Gasteiger partial charge in [0.25, 0.3) is 8.32 Å². The van der Waals surface area contributed by atoms with E-state index in [0.29, 0.717) is 29.1 Å². The predicted octanol–water partition coefficient (Wildman–Crippen LogP) is 7.79. The Hall–Kier alpha value is -1.03. The van der Waals surface area contributed by atoms with Crippen LogP contribution in [0.3, 0.4) is 0 Å². The molecule has 0 N–H and O–H groups in total. The fraction of sp³-hybridized carbons (Fsp3) is 0.800. The molecule has 0 aromatic heterocycles. The van der Waals surface area contributed by atoms with Gasteiger partial charge in [0.15, 0.2) is 0 Å². The van der Waals surface area contributed by atoms with Crippen molar-refractivity contribution in [2.75, 3.05) is 6.61 Å². The molecule has 4 heteroatoms. The molecule has 29 heavy (non-hydrogen) atoms. The van der Waals surface area contributed by atoms with Gasteiger partial charge in [0.1, 0.15) is 5.92 Å². The quantitative estimate of drug-likeness (QED) is 0.139. The smallest absolute Gasteiger partial charge is 0.320 e. The highest BCUT2D eigenvalue weighted by Crippen LogP contribution is 2.45. The lowest BCUT2D eigenvalue weighted by Crippen LogP contribution is -2.48. The molecule has 2 atom stereocenters. The van der Waals surface area contributed by atoms with Crippen LogP contribution in [0, 0.1) is 11.8 Å². The molecule has 168 valence electrons. The summed E-state index contributed by atoms with van der Waals surface area (Å²) in [5, 5.41) is 0. The summed E-state index contributed by atoms with van der Waals surface area (Å²) >= 11 is 0. The van der Waals surface area contributed by atoms with Gasteiger partial charge in [-0.1, -0.05) is 86.3 Å². The zero-order chi connectivity index (χ0) is 22.0. The summed E-state index contributed by atoms with van der Waals surface area (Å²) in [6.45, 7) is 18.3. The second-order valence-corrected chi connectivity index (χ2v) is 14.9. The lowest BCUT2D eigenvalue weighted by Gasteiger charge is -2.43. The standard InChI is InChI=1S/C25H46O3Si/c1-9-11-12-13-15-22-16-14-17-23(25(26)27-10-2)24(18-22)28-29(19(3)4,20(5)6)21(7)8/h14,17-23H,9-13,15-16H2,1-8H3. The number of carbonyl (C=O) groups is 1. The third kappa shape index (κ3) is 7.01. The van der Waals surface area contributed by atoms with Crippen LogP contribution in [0.15, 0.2) is 24.0 Å². The number of carbonyl (C=O) groups excluding carboxylic acids is 1. The van der Waals surface area contributed by atoms with Gasteiger partial charge in [-0.25, -0.2) is 0 Å². The summed E-state index contributed by atoms with van der Waals surface area (Å²) in [6.07, 6.45) is 13.7. The van der Waals surface area contributed by atoms with Crippen molar-refractivity contribution in [2.24, 2.45) is 11.8 Å². The molecule has 0 saturated heterocycles. The Balaban J connectivity index is 3.25. The fourth-order valence-electron chi connectivity index (χ4n) is 5.00. The maximum Gasteiger partial charge on any atom is 0.320 e. The molecular weight excluding hydrogens is 376 g/mol. The minimum atomic E-state index is -2.13. The van der Waals surface area contributed by atoms with Crippen LogP contribution in [0.2, 0.25) is 16.6 Å². The first-order chi connectivity index (χ1) is 13.7. The number of ether oxygens (including phenoxy) is 1. The van der Waals surface area contributed by atoms with Gasteiger partial charge in [0.2, 0.25) is 0 Å². The second kappa shape index (κ2) is 12.6. The van der Waals surface area contributed by atoms with Gasteiger partial charge >= 0.3 is 5.97 Å². The monoisotopic (exact) mass is 422 g/mol. The summed E-state index contributed by atoms with van der Waals surface area (Å²) < 4.78 is 12.4. The fourth-order valence-corrected chi connectivity index (χ4v) is 10.3. The molecule has 0 heterocycles. The van der Waals surface area contributed by atoms with E-state index in [1.165, 1.54) is 25.7 Å². The Labute approximate surface area is 181 Å². The molecule has 2 unspecified atom stereocenters. The first-order valence-corrected chi connectivity index (χ1v) is 14.1. The zero-order valence-corrected chi connectivity index (χ0v) is 21.3. The Morgan fingerprint density at radius 3 is 2.17 bits per heavy atom. The first-order valence-electron chi connectivity index (χ1n) is 11.9. The van der Waals surface area contributed by atoms with E-state index in [9.17, 15) is 4.79 Å². The van der Waals surface area contributed by atoms with E-state index in [4.69, 9.17) is 9.16 Å². The van der Waals surface area contributed by atoms with Gasteiger partial charge < -0.3 is 9.16 Å². The highest BCUT2D eigenvalue weighted by Gasteiger charge is 2.48. The van der Waals surface area contributed by atoms with Crippen LogP contribution < -0.4 is 0 Å². The number of esters is 1. The zero-order valence-electron chi connectivity index (χ0n) is 20.3. The van der Waals surface area contributed by atoms with E-state index >= 15 is 0 Å². The highest BCUT2D eigenvalue weighted by atomic mass is 28.4. The molecule has 1 aliphatic carbocycles. The number of unbranched alkanes of at least 4 members (excludes halogenated alkanes) is 3. The molecular formula is C25H46O3Si. The minimum absolute atomic E-state index is 0.180. The normalized spacial score (nSPS) is 20.2. The number of hydrogen-bond acceptors (Lipinski definition) is 3. The molecule has 0 aromatic carbocycles. The summed E-state index contributed by atoms with van der Waals surface area (Å²) in [5.74, 6) is 0.718. The van der Waals surface area contributed by atoms with Gasteiger partial charge in [-0.2, -0.15) is 0 Å². The third-order valence-electron chi connectivity index (χ3n) is 6.44. The van der Waals surface area contributed by atoms with E-state index in [1.54, 1.807) is 0 Å². The maximum absolute atomic E-state index is 12.8. The van der Waals surface area contributed by atoms with Crippen molar-refractivity contribution in [1.29, 1.82) is 0 Å². The number of rotatable bonds is 12. The van der Waals surface area contributed by atoms with Crippen LogP contribution in [0.25, 0.3) is 0 Å². The molecule has 3 nitrogen and oxygen atoms in total. The molecule has 0 spiro atoms. The van der Waals surface area contributed by atoms with Gasteiger partial charge in [-0.3, -0.25) is 4.79 Å². The van der Waals surface area contributed by atoms with Crippen LogP contribution >= 0.6 is 0 Å². The molecule has 0 saturated carbocycles. The van der Waals surface area contributed by atoms with Crippen LogP contribution in [-0.2, 0) is 14.0 Å². The average molecular weight is 423 g/mol. The lowest BCUT2D eigenvalue weighted by atomic mass is 9.97. The van der Waals surface area contributed by atoms with Gasteiger partial charge in [-0.15, -0.1) is 0 Å². The van der Waals surface area contributed by atoms with Crippen LogP contribution in [0.4, 0.5) is 0 Å². The molecule has 0 aromatic rings. The van der Waals surface area contributed by atoms with Crippen molar-refractivity contribution >= 4 is 14.3 Å². The van der Waals surface area contributed by atoms with E-state index in [0.717, 1.165) is 18.6 Å². The van der Waals surface area contributed by atoms with E-state index < -0.39 is 14.2 Å². The largest absolute Gasteiger partial charge is 0.545 e. The molecule has 0 bridgehead atoms. The van der Waals surface area contributed by atoms with E-state index in [-0.39, 0.29) is 5.97 Å². The van der Waals surface area contributed by atoms with Crippen molar-refractivity contribution in [3.05, 3.63) is 24.0 Å². The van der Waals surface area contributed by atoms with Crippen molar-refractivity contribution in [3.63, 3.8) is 0 Å². The third-order valence-corrected chi connectivity index (χ3v) is 12.4. The molecule has 0 aliphatic heterocycles. The topological polar surface area (TPSA) is 35.5 Å². The van der Waals surface area contributed by atoms with Crippen molar-refractivity contribution in [2.45, 2.75) is 111 Å². The molecule has 0 amide bonds. The minimum Gasteiger partial charge on any atom is -0.545 e. The summed E-state index contributed by atoms with van der Waals surface area (Å²) in [5.41, 5.74) is 1.42.